The van der Waals surface area contributed by atoms with Crippen molar-refractivity contribution < 1.29 is 9.21 Å². The van der Waals surface area contributed by atoms with Gasteiger partial charge in [0.15, 0.2) is 5.58 Å². The van der Waals surface area contributed by atoms with Crippen LogP contribution >= 0.6 is 11.3 Å². The maximum absolute atomic E-state index is 11.7. The van der Waals surface area contributed by atoms with Gasteiger partial charge in [0, 0.05) is 18.5 Å². The van der Waals surface area contributed by atoms with Crippen LogP contribution in [0.3, 0.4) is 0 Å². The number of hydrogen-bond acceptors (Lipinski definition) is 5. The van der Waals surface area contributed by atoms with Crippen molar-refractivity contribution in [3.8, 4) is 0 Å². The molecular weight excluding hydrogens is 278 g/mol. The summed E-state index contributed by atoms with van der Waals surface area (Å²) in [4.78, 5) is 27.3. The summed E-state index contributed by atoms with van der Waals surface area (Å²) in [6, 6.07) is 7.19. The van der Waals surface area contributed by atoms with Crippen molar-refractivity contribution >= 4 is 28.3 Å². The van der Waals surface area contributed by atoms with E-state index in [1.165, 1.54) is 15.9 Å². The third-order valence-electron chi connectivity index (χ3n) is 2.86. The van der Waals surface area contributed by atoms with Crippen LogP contribution < -0.4 is 11.1 Å². The highest BCUT2D eigenvalue weighted by molar-refractivity contribution is 7.07. The zero-order valence-corrected chi connectivity index (χ0v) is 11.2. The van der Waals surface area contributed by atoms with Crippen molar-refractivity contribution in [2.75, 3.05) is 6.54 Å². The Bertz CT molecular complexity index is 789. The quantitative estimate of drug-likeness (QED) is 0.789. The van der Waals surface area contributed by atoms with E-state index in [2.05, 4.69) is 10.3 Å². The summed E-state index contributed by atoms with van der Waals surface area (Å²) < 4.78 is 6.61. The second-order valence-corrected chi connectivity index (χ2v) is 4.84. The predicted octanol–water partition coefficient (Wildman–Crippen LogP) is 1.48. The van der Waals surface area contributed by atoms with Crippen LogP contribution in [-0.2, 0) is 6.54 Å². The van der Waals surface area contributed by atoms with Gasteiger partial charge < -0.3 is 9.73 Å². The number of nitrogens with one attached hydrogen (secondary N) is 1. The molecule has 0 saturated carbocycles. The van der Waals surface area contributed by atoms with Crippen molar-refractivity contribution in [2.24, 2.45) is 0 Å². The summed E-state index contributed by atoms with van der Waals surface area (Å²) in [5, 5.41) is 4.39. The van der Waals surface area contributed by atoms with Crippen LogP contribution in [0.4, 0.5) is 0 Å². The molecule has 3 rings (SSSR count). The van der Waals surface area contributed by atoms with Crippen molar-refractivity contribution in [2.45, 2.75) is 6.54 Å². The zero-order valence-electron chi connectivity index (χ0n) is 10.4. The first-order valence-corrected chi connectivity index (χ1v) is 6.95. The number of rotatable bonds is 4. The molecule has 0 atom stereocenters. The number of nitrogens with zero attached hydrogens (tertiary/aromatic N) is 2. The molecule has 1 aromatic carbocycles. The Kier molecular flexibility index (Phi) is 3.34. The fourth-order valence-electron chi connectivity index (χ4n) is 1.92. The van der Waals surface area contributed by atoms with Gasteiger partial charge in [-0.15, -0.1) is 11.3 Å². The van der Waals surface area contributed by atoms with Crippen LogP contribution in [0.25, 0.3) is 11.1 Å². The lowest BCUT2D eigenvalue weighted by Crippen LogP contribution is -2.29. The van der Waals surface area contributed by atoms with Gasteiger partial charge in [-0.1, -0.05) is 12.1 Å². The summed E-state index contributed by atoms with van der Waals surface area (Å²) in [6.07, 6.45) is 0. The lowest BCUT2D eigenvalue weighted by molar-refractivity contribution is 0.0948. The van der Waals surface area contributed by atoms with Crippen molar-refractivity contribution in [3.05, 3.63) is 51.4 Å². The molecule has 1 amide bonds. The molecule has 0 aliphatic carbocycles. The fourth-order valence-corrected chi connectivity index (χ4v) is 2.45. The van der Waals surface area contributed by atoms with E-state index in [1.54, 1.807) is 23.0 Å². The minimum absolute atomic E-state index is 0.243. The maximum Gasteiger partial charge on any atom is 0.420 e. The molecule has 0 saturated heterocycles. The highest BCUT2D eigenvalue weighted by atomic mass is 32.1. The molecule has 102 valence electrons. The smallest absolute Gasteiger partial charge is 0.408 e. The highest BCUT2D eigenvalue weighted by Crippen LogP contribution is 2.11. The molecule has 3 aromatic rings. The molecule has 0 unspecified atom stereocenters. The first-order valence-electron chi connectivity index (χ1n) is 6.00. The topological polar surface area (TPSA) is 77.1 Å². The largest absolute Gasteiger partial charge is 0.420 e. The summed E-state index contributed by atoms with van der Waals surface area (Å²) in [7, 11) is 0. The minimum Gasteiger partial charge on any atom is -0.408 e. The molecule has 0 bridgehead atoms. The van der Waals surface area contributed by atoms with E-state index in [-0.39, 0.29) is 5.91 Å². The average molecular weight is 289 g/mol. The van der Waals surface area contributed by atoms with E-state index >= 15 is 0 Å². The number of fused-ring (bicyclic) bond motifs is 1. The van der Waals surface area contributed by atoms with Crippen LogP contribution in [0, 0.1) is 0 Å². The molecule has 0 aliphatic heterocycles. The number of carbonyl (C=O) groups is 1. The first-order chi connectivity index (χ1) is 9.75. The number of thiazole rings is 1. The molecule has 7 heteroatoms. The Morgan fingerprint density at radius 1 is 1.40 bits per heavy atom. The van der Waals surface area contributed by atoms with Gasteiger partial charge in [0.2, 0.25) is 0 Å². The highest BCUT2D eigenvalue weighted by Gasteiger charge is 2.10. The van der Waals surface area contributed by atoms with E-state index in [0.29, 0.717) is 24.4 Å². The number of carbonyl (C=O) groups excluding carboxylic acids is 1. The van der Waals surface area contributed by atoms with Gasteiger partial charge in [-0.25, -0.2) is 9.78 Å². The third kappa shape index (κ3) is 2.35. The number of hydrogen-bond donors (Lipinski definition) is 1. The summed E-state index contributed by atoms with van der Waals surface area (Å²) in [6.45, 7) is 0.686. The number of amides is 1. The number of oxazole rings is 1. The predicted molar refractivity (Wildman–Crippen MR) is 74.9 cm³/mol. The van der Waals surface area contributed by atoms with E-state index in [9.17, 15) is 9.59 Å². The summed E-state index contributed by atoms with van der Waals surface area (Å²) in [5.74, 6) is -0.666. The Morgan fingerprint density at radius 3 is 3.05 bits per heavy atom. The van der Waals surface area contributed by atoms with E-state index < -0.39 is 5.76 Å². The molecule has 0 spiro atoms. The lowest BCUT2D eigenvalue weighted by atomic mass is 10.3. The third-order valence-corrected chi connectivity index (χ3v) is 3.45. The molecular formula is C13H11N3O3S. The fraction of sp³-hybridized carbons (Fsp3) is 0.154. The van der Waals surface area contributed by atoms with Crippen LogP contribution in [0.2, 0.25) is 0 Å². The summed E-state index contributed by atoms with van der Waals surface area (Å²) >= 11 is 1.36. The molecule has 0 fully saturated rings. The summed E-state index contributed by atoms with van der Waals surface area (Å²) in [5.41, 5.74) is 3.26. The normalized spacial score (nSPS) is 10.8. The van der Waals surface area contributed by atoms with Crippen LogP contribution in [0.15, 0.2) is 44.4 Å². The monoisotopic (exact) mass is 289 g/mol. The van der Waals surface area contributed by atoms with Gasteiger partial charge >= 0.3 is 5.76 Å². The second-order valence-electron chi connectivity index (χ2n) is 4.12. The second kappa shape index (κ2) is 5.30. The van der Waals surface area contributed by atoms with Crippen LogP contribution in [0.5, 0.6) is 0 Å². The van der Waals surface area contributed by atoms with E-state index in [0.717, 1.165) is 5.52 Å². The van der Waals surface area contributed by atoms with Crippen LogP contribution in [-0.4, -0.2) is 22.0 Å². The number of aromatic nitrogens is 2. The van der Waals surface area contributed by atoms with Crippen molar-refractivity contribution in [3.63, 3.8) is 0 Å². The number of para-hydroxylation sites is 2. The van der Waals surface area contributed by atoms with E-state index in [4.69, 9.17) is 4.42 Å². The van der Waals surface area contributed by atoms with E-state index in [1.807, 2.05) is 12.1 Å². The SMILES string of the molecule is O=C(NCCn1c(=O)oc2ccccc21)c1cscn1. The van der Waals surface area contributed by atoms with Crippen molar-refractivity contribution in [1.29, 1.82) is 0 Å². The average Bonchev–Trinajstić information content (AvgIpc) is 3.07. The maximum atomic E-state index is 11.7. The molecule has 2 heterocycles. The van der Waals surface area contributed by atoms with Gasteiger partial charge in [-0.3, -0.25) is 9.36 Å². The van der Waals surface area contributed by atoms with Gasteiger partial charge in [0.25, 0.3) is 5.91 Å². The Morgan fingerprint density at radius 2 is 2.25 bits per heavy atom. The Hall–Kier alpha value is -2.41. The minimum atomic E-state index is -0.422. The molecule has 20 heavy (non-hydrogen) atoms. The molecule has 0 aliphatic rings. The lowest BCUT2D eigenvalue weighted by Gasteiger charge is -2.04. The Labute approximate surface area is 117 Å². The standard InChI is InChI=1S/C13H11N3O3S/c17-12(9-7-20-8-15-9)14-5-6-16-10-3-1-2-4-11(10)19-13(16)18/h1-4,7-8H,5-6H2,(H,14,17). The van der Waals surface area contributed by atoms with Gasteiger partial charge in [-0.2, -0.15) is 0 Å². The Balaban J connectivity index is 1.70. The molecule has 6 nitrogen and oxygen atoms in total. The van der Waals surface area contributed by atoms with Gasteiger partial charge in [0.05, 0.1) is 11.0 Å². The first kappa shape index (κ1) is 12.6. The van der Waals surface area contributed by atoms with Gasteiger partial charge in [-0.05, 0) is 12.1 Å². The van der Waals surface area contributed by atoms with Crippen molar-refractivity contribution in [1.82, 2.24) is 14.9 Å². The molecule has 1 N–H and O–H groups in total. The zero-order chi connectivity index (χ0) is 13.9. The van der Waals surface area contributed by atoms with Crippen LogP contribution in [0.1, 0.15) is 10.5 Å². The molecule has 0 radical (unpaired) electrons. The number of benzene rings is 1. The molecule has 2 aromatic heterocycles. The van der Waals surface area contributed by atoms with Gasteiger partial charge in [0.1, 0.15) is 5.69 Å².